The lowest BCUT2D eigenvalue weighted by molar-refractivity contribution is -0.391. The predicted octanol–water partition coefficient (Wildman–Crippen LogP) is 4.04. The normalized spacial score (nSPS) is 21.0. The van der Waals surface area contributed by atoms with E-state index >= 15 is 0 Å². The minimum Gasteiger partial charge on any atom is -0.442 e. The molecule has 0 radical (unpaired) electrons. The van der Waals surface area contributed by atoms with E-state index in [4.69, 9.17) is 11.2 Å². The van der Waals surface area contributed by atoms with Gasteiger partial charge in [-0.2, -0.15) is 5.26 Å². The van der Waals surface area contributed by atoms with Gasteiger partial charge in [0.1, 0.15) is 12.3 Å². The van der Waals surface area contributed by atoms with Crippen LogP contribution in [0, 0.1) is 51.0 Å². The Morgan fingerprint density at radius 2 is 2.27 bits per heavy atom. The molecule has 3 atom stereocenters. The van der Waals surface area contributed by atoms with E-state index in [-0.39, 0.29) is 29.3 Å². The SMILES string of the molecule is C#CCn1cc([C@H](C#N)OC(=O)[C@@H]2[C@H](C=C(Br)Br)C2(C)C)cc1[N+](=O)[O-]. The summed E-state index contributed by atoms with van der Waals surface area (Å²) in [7, 11) is 0. The number of hydrogen-bond donors (Lipinski definition) is 0. The third-order valence-corrected chi connectivity index (χ3v) is 5.00. The van der Waals surface area contributed by atoms with Gasteiger partial charge in [-0.15, -0.1) is 6.42 Å². The van der Waals surface area contributed by atoms with Gasteiger partial charge in [-0.1, -0.05) is 25.8 Å². The highest BCUT2D eigenvalue weighted by molar-refractivity contribution is 9.28. The fraction of sp³-hybridized carbons (Fsp3) is 0.412. The lowest BCUT2D eigenvalue weighted by atomic mass is 10.1. The highest BCUT2D eigenvalue weighted by Crippen LogP contribution is 2.60. The van der Waals surface area contributed by atoms with Gasteiger partial charge in [0.05, 0.1) is 14.9 Å². The Hall–Kier alpha value is -2.10. The molecule has 1 fully saturated rings. The molecule has 26 heavy (non-hydrogen) atoms. The van der Waals surface area contributed by atoms with Crippen LogP contribution < -0.4 is 0 Å². The minimum atomic E-state index is -1.24. The molecule has 0 saturated heterocycles. The zero-order valence-electron chi connectivity index (χ0n) is 14.0. The van der Waals surface area contributed by atoms with Gasteiger partial charge in [0.2, 0.25) is 6.10 Å². The zero-order valence-corrected chi connectivity index (χ0v) is 17.2. The monoisotopic (exact) mass is 483 g/mol. The van der Waals surface area contributed by atoms with Crippen LogP contribution in [0.5, 0.6) is 0 Å². The molecule has 0 spiro atoms. The maximum Gasteiger partial charge on any atom is 0.324 e. The Labute approximate surface area is 167 Å². The summed E-state index contributed by atoms with van der Waals surface area (Å²) in [5.41, 5.74) is -0.0827. The maximum atomic E-state index is 12.5. The topological polar surface area (TPSA) is 98.2 Å². The van der Waals surface area contributed by atoms with Crippen LogP contribution in [0.1, 0.15) is 25.5 Å². The van der Waals surface area contributed by atoms with E-state index in [0.717, 1.165) is 3.39 Å². The number of terminal acetylenes is 1. The number of nitrogens with zero attached hydrogens (tertiary/aromatic N) is 3. The number of nitro groups is 1. The number of aromatic nitrogens is 1. The van der Waals surface area contributed by atoms with E-state index in [1.807, 2.05) is 26.0 Å². The second-order valence-corrected chi connectivity index (χ2v) is 9.22. The summed E-state index contributed by atoms with van der Waals surface area (Å²) >= 11 is 6.55. The third-order valence-electron chi connectivity index (χ3n) is 4.47. The van der Waals surface area contributed by atoms with Gasteiger partial charge in [0.25, 0.3) is 0 Å². The van der Waals surface area contributed by atoms with Crippen LogP contribution in [-0.4, -0.2) is 15.5 Å². The molecule has 9 heteroatoms. The zero-order chi connectivity index (χ0) is 19.6. The summed E-state index contributed by atoms with van der Waals surface area (Å²) in [5.74, 6) is 1.09. The number of rotatable bonds is 6. The van der Waals surface area contributed by atoms with Crippen molar-refractivity contribution < 1.29 is 14.5 Å². The summed E-state index contributed by atoms with van der Waals surface area (Å²) in [4.78, 5) is 23.0. The van der Waals surface area contributed by atoms with Crippen molar-refractivity contribution in [2.45, 2.75) is 26.5 Å². The highest BCUT2D eigenvalue weighted by Gasteiger charge is 2.61. The third kappa shape index (κ3) is 4.00. The van der Waals surface area contributed by atoms with Gasteiger partial charge in [0.15, 0.2) is 6.54 Å². The van der Waals surface area contributed by atoms with Crippen molar-refractivity contribution in [3.63, 3.8) is 0 Å². The number of allylic oxidation sites excluding steroid dienone is 1. The number of ether oxygens (including phenoxy) is 1. The van der Waals surface area contributed by atoms with Crippen LogP contribution in [0.15, 0.2) is 21.7 Å². The summed E-state index contributed by atoms with van der Waals surface area (Å²) < 4.78 is 7.29. The van der Waals surface area contributed by atoms with Crippen LogP contribution in [0.25, 0.3) is 0 Å². The maximum absolute atomic E-state index is 12.5. The molecule has 0 aromatic carbocycles. The number of esters is 1. The van der Waals surface area contributed by atoms with Crippen molar-refractivity contribution in [2.24, 2.45) is 17.3 Å². The Kier molecular flexibility index (Phi) is 5.94. The number of carbonyl (C=O) groups is 1. The lowest BCUT2D eigenvalue weighted by Crippen LogP contribution is -2.14. The van der Waals surface area contributed by atoms with Crippen molar-refractivity contribution in [1.82, 2.24) is 4.57 Å². The number of nitriles is 1. The lowest BCUT2D eigenvalue weighted by Gasteiger charge is -2.09. The van der Waals surface area contributed by atoms with Crippen LogP contribution >= 0.6 is 31.9 Å². The van der Waals surface area contributed by atoms with Gasteiger partial charge in [-0.05, 0) is 48.1 Å². The molecule has 1 heterocycles. The molecule has 0 N–H and O–H groups in total. The smallest absolute Gasteiger partial charge is 0.324 e. The molecular formula is C17H15Br2N3O4. The first-order valence-corrected chi connectivity index (χ1v) is 9.13. The molecule has 1 saturated carbocycles. The molecule has 0 bridgehead atoms. The second-order valence-electron chi connectivity index (χ2n) is 6.45. The van der Waals surface area contributed by atoms with Gasteiger partial charge >= 0.3 is 11.8 Å². The first-order valence-electron chi connectivity index (χ1n) is 7.54. The fourth-order valence-electron chi connectivity index (χ4n) is 2.97. The predicted molar refractivity (Wildman–Crippen MR) is 101 cm³/mol. The first kappa shape index (κ1) is 20.2. The van der Waals surface area contributed by atoms with Crippen LogP contribution in [0.3, 0.4) is 0 Å². The quantitative estimate of drug-likeness (QED) is 0.262. The standard InChI is InChI=1S/C17H15Br2N3O4/c1-4-5-21-9-10(6-14(21)22(24)25)12(8-20)26-16(23)15-11(7-13(18)19)17(15,2)3/h1,6-7,9,11-12,15H,5H2,2-3H3/t11-,12-,15-/m0/s1. The average Bonchev–Trinajstić information content (AvgIpc) is 2.90. The first-order chi connectivity index (χ1) is 12.1. The Morgan fingerprint density at radius 1 is 1.62 bits per heavy atom. The van der Waals surface area contributed by atoms with Crippen molar-refractivity contribution in [2.75, 3.05) is 0 Å². The highest BCUT2D eigenvalue weighted by atomic mass is 79.9. The Bertz CT molecular complexity index is 856. The van der Waals surface area contributed by atoms with Crippen LogP contribution in [-0.2, 0) is 16.1 Å². The van der Waals surface area contributed by atoms with Gasteiger partial charge < -0.3 is 14.9 Å². The molecule has 1 aliphatic rings. The second kappa shape index (κ2) is 7.65. The number of halogens is 2. The van der Waals surface area contributed by atoms with E-state index in [9.17, 15) is 20.2 Å². The molecule has 2 rings (SSSR count). The molecule has 0 unspecified atom stereocenters. The summed E-state index contributed by atoms with van der Waals surface area (Å²) in [6.45, 7) is 3.83. The van der Waals surface area contributed by atoms with Crippen molar-refractivity contribution in [1.29, 1.82) is 5.26 Å². The Balaban J connectivity index is 2.21. The van der Waals surface area contributed by atoms with Crippen molar-refractivity contribution >= 4 is 43.6 Å². The molecule has 7 nitrogen and oxygen atoms in total. The number of hydrogen-bond acceptors (Lipinski definition) is 5. The average molecular weight is 485 g/mol. The molecule has 1 aromatic heterocycles. The molecule has 0 amide bonds. The minimum absolute atomic E-state index is 0.0236. The Morgan fingerprint density at radius 3 is 2.77 bits per heavy atom. The molecule has 0 aliphatic heterocycles. The van der Waals surface area contributed by atoms with E-state index in [1.54, 1.807) is 0 Å². The molecular weight excluding hydrogens is 470 g/mol. The van der Waals surface area contributed by atoms with Crippen LogP contribution in [0.4, 0.5) is 5.82 Å². The van der Waals surface area contributed by atoms with E-state index in [2.05, 4.69) is 37.8 Å². The van der Waals surface area contributed by atoms with Gasteiger partial charge in [-0.25, -0.2) is 4.57 Å². The molecule has 1 aliphatic carbocycles. The molecule has 136 valence electrons. The summed E-state index contributed by atoms with van der Waals surface area (Å²) in [5, 5.41) is 20.5. The number of carbonyl (C=O) groups excluding carboxylic acids is 1. The fourth-order valence-corrected chi connectivity index (χ4v) is 3.54. The van der Waals surface area contributed by atoms with Gasteiger partial charge in [0, 0.05) is 6.07 Å². The van der Waals surface area contributed by atoms with E-state index in [0.29, 0.717) is 0 Å². The summed E-state index contributed by atoms with van der Waals surface area (Å²) in [6, 6.07) is 3.07. The van der Waals surface area contributed by atoms with Crippen molar-refractivity contribution in [3.8, 4) is 18.4 Å². The van der Waals surface area contributed by atoms with E-state index < -0.39 is 22.9 Å². The molecule has 1 aromatic rings. The van der Waals surface area contributed by atoms with Crippen molar-refractivity contribution in [3.05, 3.63) is 37.4 Å². The largest absolute Gasteiger partial charge is 0.442 e. The van der Waals surface area contributed by atoms with Gasteiger partial charge in [-0.3, -0.25) is 4.79 Å². The van der Waals surface area contributed by atoms with E-state index in [1.165, 1.54) is 16.8 Å². The summed E-state index contributed by atoms with van der Waals surface area (Å²) in [6.07, 6.45) is 7.19. The van der Waals surface area contributed by atoms with Crippen LogP contribution in [0.2, 0.25) is 0 Å².